The molecule has 0 radical (unpaired) electrons. The van der Waals surface area contributed by atoms with E-state index in [4.69, 9.17) is 4.74 Å². The van der Waals surface area contributed by atoms with E-state index in [-0.39, 0.29) is 24.4 Å². The number of cyclic esters (lactones) is 1. The number of anilines is 2. The molecule has 2 aliphatic heterocycles. The Morgan fingerprint density at radius 3 is 2.56 bits per heavy atom. The smallest absolute Gasteiger partial charge is 0.339 e. The minimum atomic E-state index is -0.534. The summed E-state index contributed by atoms with van der Waals surface area (Å²) < 4.78 is 5.32. The number of esters is 1. The molecule has 1 amide bonds. The van der Waals surface area contributed by atoms with Gasteiger partial charge in [0.05, 0.1) is 18.1 Å². The van der Waals surface area contributed by atoms with Crippen molar-refractivity contribution in [2.24, 2.45) is 0 Å². The topological polar surface area (TPSA) is 78.9 Å². The highest BCUT2D eigenvalue weighted by Crippen LogP contribution is 2.33. The molecule has 2 heterocycles. The first kappa shape index (κ1) is 17.5. The van der Waals surface area contributed by atoms with E-state index in [2.05, 4.69) is 10.2 Å². The maximum Gasteiger partial charge on any atom is 0.339 e. The van der Waals surface area contributed by atoms with Gasteiger partial charge in [-0.3, -0.25) is 4.79 Å². The number of ether oxygens (including phenoxy) is 1. The summed E-state index contributed by atoms with van der Waals surface area (Å²) in [7, 11) is 0. The maximum atomic E-state index is 12.4. The molecule has 1 unspecified atom stereocenters. The summed E-state index contributed by atoms with van der Waals surface area (Å²) >= 11 is 0. The second kappa shape index (κ2) is 7.40. The van der Waals surface area contributed by atoms with Crippen LogP contribution in [0.4, 0.5) is 11.4 Å². The van der Waals surface area contributed by atoms with E-state index in [1.165, 1.54) is 0 Å². The van der Waals surface area contributed by atoms with Crippen molar-refractivity contribution in [2.75, 3.05) is 23.3 Å². The molecule has 6 heteroatoms. The number of aliphatic hydroxyl groups excluding tert-OH is 1. The summed E-state index contributed by atoms with van der Waals surface area (Å²) in [4.78, 5) is 26.4. The molecule has 0 saturated carbocycles. The summed E-state index contributed by atoms with van der Waals surface area (Å²) in [5.74, 6) is -0.572. The van der Waals surface area contributed by atoms with Crippen LogP contribution in [0.3, 0.4) is 0 Å². The second-order valence-electron chi connectivity index (χ2n) is 7.00. The number of piperidine rings is 1. The van der Waals surface area contributed by atoms with E-state index in [0.717, 1.165) is 37.2 Å². The third-order valence-electron chi connectivity index (χ3n) is 5.13. The average Bonchev–Trinajstić information content (AvgIpc) is 2.99. The molecular formula is C21H22N2O4. The van der Waals surface area contributed by atoms with Crippen LogP contribution in [0, 0.1) is 0 Å². The predicted octanol–water partition coefficient (Wildman–Crippen LogP) is 2.89. The molecule has 2 aromatic rings. The Labute approximate surface area is 157 Å². The zero-order valence-corrected chi connectivity index (χ0v) is 14.9. The average molecular weight is 366 g/mol. The highest BCUT2D eigenvalue weighted by molar-refractivity contribution is 5.96. The molecule has 1 atom stereocenters. The lowest BCUT2D eigenvalue weighted by molar-refractivity contribution is -0.118. The third kappa shape index (κ3) is 3.80. The van der Waals surface area contributed by atoms with Crippen molar-refractivity contribution in [1.82, 2.24) is 0 Å². The Balaban J connectivity index is 1.36. The van der Waals surface area contributed by atoms with Crippen molar-refractivity contribution in [3.05, 3.63) is 59.7 Å². The molecule has 2 N–H and O–H groups in total. The lowest BCUT2D eigenvalue weighted by Gasteiger charge is -2.31. The number of rotatable bonds is 4. The highest BCUT2D eigenvalue weighted by atomic mass is 16.5. The number of carbonyl (C=O) groups is 2. The molecule has 2 aromatic carbocycles. The van der Waals surface area contributed by atoms with Crippen molar-refractivity contribution >= 4 is 23.3 Å². The van der Waals surface area contributed by atoms with Gasteiger partial charge in [-0.05, 0) is 43.2 Å². The number of fused-ring (bicyclic) bond motifs is 1. The van der Waals surface area contributed by atoms with Crippen LogP contribution in [0.1, 0.15) is 41.3 Å². The third-order valence-corrected chi connectivity index (χ3v) is 5.13. The Hall–Kier alpha value is -2.86. The number of amides is 1. The minimum Gasteiger partial charge on any atom is -0.453 e. The molecule has 0 aromatic heterocycles. The van der Waals surface area contributed by atoms with Crippen molar-refractivity contribution in [3.63, 3.8) is 0 Å². The van der Waals surface area contributed by atoms with Crippen LogP contribution in [0.5, 0.6) is 0 Å². The number of carbonyl (C=O) groups excluding carboxylic acids is 2. The molecule has 27 heavy (non-hydrogen) atoms. The maximum absolute atomic E-state index is 12.4. The monoisotopic (exact) mass is 366 g/mol. The van der Waals surface area contributed by atoms with E-state index in [1.54, 1.807) is 12.1 Å². The van der Waals surface area contributed by atoms with Gasteiger partial charge in [-0.2, -0.15) is 0 Å². The Kier molecular flexibility index (Phi) is 4.81. The molecule has 6 nitrogen and oxygen atoms in total. The van der Waals surface area contributed by atoms with Gasteiger partial charge < -0.3 is 20.1 Å². The molecule has 1 fully saturated rings. The Bertz CT molecular complexity index is 842. The SMILES string of the molecule is O=C(CC1OC(=O)c2ccccc21)Nc1ccc(N2CCC(O)CC2)cc1. The number of nitrogens with one attached hydrogen (secondary N) is 1. The van der Waals surface area contributed by atoms with Crippen molar-refractivity contribution in [1.29, 1.82) is 0 Å². The molecular weight excluding hydrogens is 344 g/mol. The molecule has 140 valence electrons. The van der Waals surface area contributed by atoms with Crippen LogP contribution in [-0.4, -0.2) is 36.2 Å². The van der Waals surface area contributed by atoms with Crippen molar-refractivity contribution < 1.29 is 19.4 Å². The summed E-state index contributed by atoms with van der Waals surface area (Å²) in [5.41, 5.74) is 3.09. The van der Waals surface area contributed by atoms with Crippen LogP contribution in [0.2, 0.25) is 0 Å². The molecule has 0 aliphatic carbocycles. The molecule has 0 bridgehead atoms. The summed E-state index contributed by atoms with van der Waals surface area (Å²) in [6.07, 6.45) is 0.914. The van der Waals surface area contributed by atoms with E-state index < -0.39 is 6.10 Å². The Morgan fingerprint density at radius 1 is 1.11 bits per heavy atom. The summed E-state index contributed by atoms with van der Waals surface area (Å²) in [6.45, 7) is 1.67. The fraction of sp³-hybridized carbons (Fsp3) is 0.333. The van der Waals surface area contributed by atoms with Crippen LogP contribution in [0.15, 0.2) is 48.5 Å². The van der Waals surface area contributed by atoms with Gasteiger partial charge in [-0.15, -0.1) is 0 Å². The van der Waals surface area contributed by atoms with Crippen LogP contribution in [-0.2, 0) is 9.53 Å². The van der Waals surface area contributed by atoms with Gasteiger partial charge in [-0.25, -0.2) is 4.79 Å². The molecule has 2 aliphatic rings. The van der Waals surface area contributed by atoms with Gasteiger partial charge in [0.15, 0.2) is 0 Å². The van der Waals surface area contributed by atoms with E-state index in [0.29, 0.717) is 11.3 Å². The summed E-state index contributed by atoms with van der Waals surface area (Å²) in [6, 6.07) is 14.8. The Morgan fingerprint density at radius 2 is 1.81 bits per heavy atom. The van der Waals surface area contributed by atoms with Crippen molar-refractivity contribution in [2.45, 2.75) is 31.5 Å². The van der Waals surface area contributed by atoms with Crippen LogP contribution in [0.25, 0.3) is 0 Å². The minimum absolute atomic E-state index is 0.0918. The summed E-state index contributed by atoms with van der Waals surface area (Å²) in [5, 5.41) is 12.5. The van der Waals surface area contributed by atoms with Gasteiger partial charge in [0.25, 0.3) is 0 Å². The van der Waals surface area contributed by atoms with Gasteiger partial charge in [0, 0.05) is 30.0 Å². The number of benzene rings is 2. The molecule has 4 rings (SSSR count). The van der Waals surface area contributed by atoms with E-state index in [9.17, 15) is 14.7 Å². The normalized spacial score (nSPS) is 19.5. The fourth-order valence-corrected chi connectivity index (χ4v) is 3.63. The number of nitrogens with zero attached hydrogens (tertiary/aromatic N) is 1. The van der Waals surface area contributed by atoms with Crippen molar-refractivity contribution in [3.8, 4) is 0 Å². The van der Waals surface area contributed by atoms with Gasteiger partial charge >= 0.3 is 5.97 Å². The second-order valence-corrected chi connectivity index (χ2v) is 7.00. The van der Waals surface area contributed by atoms with Crippen LogP contribution < -0.4 is 10.2 Å². The van der Waals surface area contributed by atoms with Gasteiger partial charge in [0.2, 0.25) is 5.91 Å². The highest BCUT2D eigenvalue weighted by Gasteiger charge is 2.32. The van der Waals surface area contributed by atoms with Crippen LogP contribution >= 0.6 is 0 Å². The number of aliphatic hydroxyl groups is 1. The zero-order valence-electron chi connectivity index (χ0n) is 14.9. The molecule has 0 spiro atoms. The van der Waals surface area contributed by atoms with Gasteiger partial charge in [-0.1, -0.05) is 18.2 Å². The van der Waals surface area contributed by atoms with E-state index >= 15 is 0 Å². The predicted molar refractivity (Wildman–Crippen MR) is 102 cm³/mol. The lowest BCUT2D eigenvalue weighted by Crippen LogP contribution is -2.35. The van der Waals surface area contributed by atoms with E-state index in [1.807, 2.05) is 36.4 Å². The van der Waals surface area contributed by atoms with Gasteiger partial charge in [0.1, 0.15) is 6.10 Å². The first-order valence-corrected chi connectivity index (χ1v) is 9.23. The molecule has 1 saturated heterocycles. The number of hydrogen-bond acceptors (Lipinski definition) is 5. The fourth-order valence-electron chi connectivity index (χ4n) is 3.63. The lowest BCUT2D eigenvalue weighted by atomic mass is 10.0. The standard InChI is InChI=1S/C21H22N2O4/c24-16-9-11-23(12-10-16)15-7-5-14(6-8-15)22-20(25)13-19-17-3-1-2-4-18(17)21(26)27-19/h1-8,16,19,24H,9-13H2,(H,22,25). The largest absolute Gasteiger partial charge is 0.453 e. The quantitative estimate of drug-likeness (QED) is 0.814. The first-order chi connectivity index (χ1) is 13.1. The zero-order chi connectivity index (χ0) is 18.8. The first-order valence-electron chi connectivity index (χ1n) is 9.23. The number of hydrogen-bond donors (Lipinski definition) is 2.